The summed E-state index contributed by atoms with van der Waals surface area (Å²) < 4.78 is 86.4. The molecule has 0 saturated heterocycles. The van der Waals surface area contributed by atoms with Crippen LogP contribution in [0.2, 0.25) is 0 Å². The van der Waals surface area contributed by atoms with Crippen molar-refractivity contribution in [2.24, 2.45) is 0 Å². The first-order chi connectivity index (χ1) is 32.6. The van der Waals surface area contributed by atoms with Crippen LogP contribution in [-0.4, -0.2) is 4.57 Å². The molecule has 59 heavy (non-hydrogen) atoms. The van der Waals surface area contributed by atoms with E-state index in [4.69, 9.17) is 4.42 Å². The van der Waals surface area contributed by atoms with Gasteiger partial charge in [-0.1, -0.05) is 152 Å². The van der Waals surface area contributed by atoms with Crippen molar-refractivity contribution in [1.82, 2.24) is 4.57 Å². The number of hydrogen-bond donors (Lipinski definition) is 0. The molecule has 0 amide bonds. The highest BCUT2D eigenvalue weighted by atomic mass is 16.3. The second kappa shape index (κ2) is 13.4. The fraction of sp³-hybridized carbons (Fsp3) is 0. The van der Waals surface area contributed by atoms with E-state index in [1.165, 1.54) is 4.90 Å². The third-order valence-electron chi connectivity index (χ3n) is 11.3. The van der Waals surface area contributed by atoms with Gasteiger partial charge in [0, 0.05) is 38.6 Å². The van der Waals surface area contributed by atoms with Crippen LogP contribution in [0.5, 0.6) is 0 Å². The summed E-state index contributed by atoms with van der Waals surface area (Å²) in [5.74, 6) is 0. The van der Waals surface area contributed by atoms with Crippen molar-refractivity contribution in [1.29, 1.82) is 0 Å². The van der Waals surface area contributed by atoms with E-state index < -0.39 is 24.2 Å². The Morgan fingerprint density at radius 1 is 0.424 bits per heavy atom. The van der Waals surface area contributed by atoms with Crippen LogP contribution in [0.4, 0.5) is 17.1 Å². The molecule has 10 aromatic carbocycles. The number of hydrogen-bond acceptors (Lipinski definition) is 2. The van der Waals surface area contributed by atoms with E-state index in [9.17, 15) is 11.0 Å². The zero-order valence-electron chi connectivity index (χ0n) is 39.5. The first-order valence-electron chi connectivity index (χ1n) is 23.5. The molecule has 0 unspecified atom stereocenters. The van der Waals surface area contributed by atoms with Crippen molar-refractivity contribution in [3.63, 3.8) is 0 Å². The van der Waals surface area contributed by atoms with Crippen LogP contribution >= 0.6 is 0 Å². The number of nitrogens with zero attached hydrogens (tertiary/aromatic N) is 2. The van der Waals surface area contributed by atoms with E-state index in [-0.39, 0.29) is 46.7 Å². The van der Waals surface area contributed by atoms with Gasteiger partial charge in [0.15, 0.2) is 0 Å². The Balaban J connectivity index is 1.13. The van der Waals surface area contributed by atoms with Gasteiger partial charge in [-0.05, 0) is 105 Å². The normalized spacial score (nSPS) is 13.6. The third-order valence-corrected chi connectivity index (χ3v) is 11.3. The lowest BCUT2D eigenvalue weighted by atomic mass is 9.98. The van der Waals surface area contributed by atoms with Gasteiger partial charge in [0.1, 0.15) is 11.2 Å². The van der Waals surface area contributed by atoms with Gasteiger partial charge >= 0.3 is 0 Å². The van der Waals surface area contributed by atoms with E-state index >= 15 is 0 Å². The second-order valence-corrected chi connectivity index (χ2v) is 14.6. The van der Waals surface area contributed by atoms with E-state index in [1.807, 2.05) is 127 Å². The molecule has 12 rings (SSSR count). The Bertz CT molecular complexity index is 3950. The molecule has 0 saturated carbocycles. The molecule has 0 aliphatic rings. The lowest BCUT2D eigenvalue weighted by Crippen LogP contribution is -2.10. The van der Waals surface area contributed by atoms with E-state index in [2.05, 4.69) is 16.7 Å². The molecule has 0 fully saturated rings. The number of furan rings is 1. The first-order valence-corrected chi connectivity index (χ1v) is 19.5. The van der Waals surface area contributed by atoms with Crippen molar-refractivity contribution >= 4 is 82.4 Å². The van der Waals surface area contributed by atoms with E-state index in [0.29, 0.717) is 38.8 Å². The van der Waals surface area contributed by atoms with Gasteiger partial charge < -0.3 is 13.9 Å². The summed E-state index contributed by atoms with van der Waals surface area (Å²) in [6.07, 6.45) is 0. The molecule has 2 aromatic heterocycles. The molecule has 12 aromatic rings. The highest BCUT2D eigenvalue weighted by Gasteiger charge is 2.21. The van der Waals surface area contributed by atoms with E-state index in [1.54, 1.807) is 30.3 Å². The average Bonchev–Trinajstić information content (AvgIpc) is 3.92. The third kappa shape index (κ3) is 5.36. The Kier molecular flexibility index (Phi) is 5.92. The molecule has 0 spiro atoms. The molecule has 0 radical (unpaired) electrons. The topological polar surface area (TPSA) is 21.3 Å². The zero-order chi connectivity index (χ0) is 45.8. The quantitative estimate of drug-likeness (QED) is 0.168. The van der Waals surface area contributed by atoms with Crippen LogP contribution in [0.25, 0.3) is 93.2 Å². The minimum Gasteiger partial charge on any atom is -0.455 e. The van der Waals surface area contributed by atoms with Crippen LogP contribution in [0.15, 0.2) is 223 Å². The van der Waals surface area contributed by atoms with Gasteiger partial charge in [0.05, 0.1) is 33.1 Å². The summed E-state index contributed by atoms with van der Waals surface area (Å²) in [6.45, 7) is 0. The predicted molar refractivity (Wildman–Crippen MR) is 249 cm³/mol. The van der Waals surface area contributed by atoms with Crippen LogP contribution in [0.3, 0.4) is 0 Å². The van der Waals surface area contributed by atoms with Gasteiger partial charge in [0.2, 0.25) is 0 Å². The summed E-state index contributed by atoms with van der Waals surface area (Å²) in [6, 6.07) is 50.8. The Hall–Kier alpha value is -7.88. The van der Waals surface area contributed by atoms with Gasteiger partial charge in [-0.2, -0.15) is 0 Å². The smallest absolute Gasteiger partial charge is 0.143 e. The number of fused-ring (bicyclic) bond motifs is 9. The number of anilines is 3. The lowest BCUT2D eigenvalue weighted by molar-refractivity contribution is 0.672. The van der Waals surface area contributed by atoms with E-state index in [0.717, 1.165) is 49.0 Å². The minimum atomic E-state index is -0.427. The predicted octanol–water partition coefficient (Wildman–Crippen LogP) is 15.8. The molecule has 0 N–H and O–H groups in total. The van der Waals surface area contributed by atoms with Gasteiger partial charge in [-0.3, -0.25) is 0 Å². The first kappa shape index (κ1) is 26.1. The summed E-state index contributed by atoms with van der Waals surface area (Å²) in [4.78, 5) is 1.37. The summed E-state index contributed by atoms with van der Waals surface area (Å²) in [5.41, 5.74) is 4.77. The molecule has 0 atom stereocenters. The SMILES string of the molecule is [2H]c1c([2H])c(N(c2c([2H])c([2H])c(-c3cccc4ccccc34)c([2H])c2[2H])c2cccc3oc4c5ccccc5ccc4c23)c([2H])c([2H])c1-c1cccc(-n2c3ccccc3c3ccccc32)c1. The second-order valence-electron chi connectivity index (χ2n) is 14.6. The molecular formula is C56H36N2O. The van der Waals surface area contributed by atoms with Crippen LogP contribution in [-0.2, 0) is 0 Å². The number of rotatable bonds is 6. The fourth-order valence-electron chi connectivity index (χ4n) is 8.63. The molecular weight excluding hydrogens is 717 g/mol. The van der Waals surface area contributed by atoms with Crippen molar-refractivity contribution in [3.05, 3.63) is 218 Å². The van der Waals surface area contributed by atoms with Crippen LogP contribution in [0.1, 0.15) is 11.0 Å². The summed E-state index contributed by atoms with van der Waals surface area (Å²) in [7, 11) is 0. The highest BCUT2D eigenvalue weighted by Crippen LogP contribution is 2.45. The number of para-hydroxylation sites is 2. The lowest BCUT2D eigenvalue weighted by Gasteiger charge is -2.27. The zero-order valence-corrected chi connectivity index (χ0v) is 31.5. The van der Waals surface area contributed by atoms with Gasteiger partial charge in [-0.25, -0.2) is 0 Å². The van der Waals surface area contributed by atoms with Gasteiger partial charge in [-0.15, -0.1) is 0 Å². The van der Waals surface area contributed by atoms with Gasteiger partial charge in [0.25, 0.3) is 0 Å². The monoisotopic (exact) mass is 760 g/mol. The maximum absolute atomic E-state index is 9.84. The maximum Gasteiger partial charge on any atom is 0.143 e. The van der Waals surface area contributed by atoms with Crippen molar-refractivity contribution in [2.75, 3.05) is 4.90 Å². The Labute approximate surface area is 352 Å². The number of benzene rings is 10. The highest BCUT2D eigenvalue weighted by molar-refractivity contribution is 6.19. The summed E-state index contributed by atoms with van der Waals surface area (Å²) >= 11 is 0. The molecule has 2 heterocycles. The van der Waals surface area contributed by atoms with Crippen molar-refractivity contribution in [3.8, 4) is 27.9 Å². The number of aromatic nitrogens is 1. The summed E-state index contributed by atoms with van der Waals surface area (Å²) in [5, 5.41) is 6.81. The average molecular weight is 761 g/mol. The largest absolute Gasteiger partial charge is 0.455 e. The molecule has 0 aliphatic heterocycles. The fourth-order valence-corrected chi connectivity index (χ4v) is 8.63. The van der Waals surface area contributed by atoms with Crippen molar-refractivity contribution < 1.29 is 15.4 Å². The van der Waals surface area contributed by atoms with Crippen molar-refractivity contribution in [2.45, 2.75) is 0 Å². The Morgan fingerprint density at radius 2 is 1.00 bits per heavy atom. The molecule has 3 heteroatoms. The van der Waals surface area contributed by atoms with Crippen LogP contribution < -0.4 is 4.90 Å². The molecule has 276 valence electrons. The molecule has 0 aliphatic carbocycles. The maximum atomic E-state index is 9.84. The standard InChI is InChI=1S/C56H36N2O/c1-3-17-45-38(12-1)14-10-21-46(45)40-28-33-43(34-29-40)57(53-24-11-25-54-55(53)50-35-30-39-13-2-4-18-47(39)56(50)59-54)42-31-26-37(27-32-42)41-15-9-16-44(36-41)58-51-22-7-5-19-48(51)49-20-6-8-23-52(49)58/h1-36H/i26D,27D,28D,29D,31D,32D,33D,34D. The van der Waals surface area contributed by atoms with Crippen LogP contribution in [0, 0.1) is 0 Å². The molecule has 3 nitrogen and oxygen atoms in total. The molecule has 0 bridgehead atoms. The minimum absolute atomic E-state index is 0.0746. The Morgan fingerprint density at radius 3 is 1.73 bits per heavy atom.